The Hall–Kier alpha value is -1.26. The van der Waals surface area contributed by atoms with Gasteiger partial charge in [-0.15, -0.1) is 0 Å². The maximum atomic E-state index is 12.2. The van der Waals surface area contributed by atoms with Crippen molar-refractivity contribution < 1.29 is 9.90 Å². The highest BCUT2D eigenvalue weighted by Crippen LogP contribution is 2.27. The average molecular weight is 297 g/mol. The van der Waals surface area contributed by atoms with Crippen molar-refractivity contribution in [3.05, 3.63) is 29.3 Å². The predicted molar refractivity (Wildman–Crippen MR) is 81.1 cm³/mol. The van der Waals surface area contributed by atoms with E-state index in [0.717, 1.165) is 25.7 Å². The summed E-state index contributed by atoms with van der Waals surface area (Å²) >= 11 is 5.90. The zero-order chi connectivity index (χ0) is 14.5. The summed E-state index contributed by atoms with van der Waals surface area (Å²) in [5.41, 5.74) is 0.707. The molecular weight excluding hydrogens is 276 g/mol. The number of nitrogens with zero attached hydrogens (tertiary/aromatic N) is 1. The Kier molecular flexibility index (Phi) is 5.26. The summed E-state index contributed by atoms with van der Waals surface area (Å²) in [5.74, 6) is 0.399. The SMILES string of the molecule is CN(C(=O)Nc1cccc(Cl)c1)C1CCC(CO)CC1. The molecule has 1 aliphatic rings. The van der Waals surface area contributed by atoms with E-state index >= 15 is 0 Å². The molecule has 0 radical (unpaired) electrons. The monoisotopic (exact) mass is 296 g/mol. The molecule has 1 aromatic rings. The van der Waals surface area contributed by atoms with E-state index in [9.17, 15) is 4.79 Å². The molecule has 5 heteroatoms. The first-order valence-corrected chi connectivity index (χ1v) is 7.38. The van der Waals surface area contributed by atoms with E-state index < -0.39 is 0 Å². The highest BCUT2D eigenvalue weighted by molar-refractivity contribution is 6.30. The van der Waals surface area contributed by atoms with Gasteiger partial charge in [-0.1, -0.05) is 17.7 Å². The van der Waals surface area contributed by atoms with E-state index in [-0.39, 0.29) is 18.7 Å². The summed E-state index contributed by atoms with van der Waals surface area (Å²) in [6.45, 7) is 0.255. The number of benzene rings is 1. The Morgan fingerprint density at radius 2 is 2.10 bits per heavy atom. The Bertz CT molecular complexity index is 459. The molecule has 0 unspecified atom stereocenters. The standard InChI is InChI=1S/C15H21ClN2O2/c1-18(14-7-5-11(10-19)6-8-14)15(20)17-13-4-2-3-12(16)9-13/h2-4,9,11,14,19H,5-8,10H2,1H3,(H,17,20). The third kappa shape index (κ3) is 3.87. The molecule has 2 N–H and O–H groups in total. The fraction of sp³-hybridized carbons (Fsp3) is 0.533. The van der Waals surface area contributed by atoms with Gasteiger partial charge in [0, 0.05) is 30.4 Å². The number of hydrogen-bond acceptors (Lipinski definition) is 2. The first-order chi connectivity index (χ1) is 9.60. The molecule has 1 saturated carbocycles. The predicted octanol–water partition coefficient (Wildman–Crippen LogP) is 3.35. The second-order valence-corrected chi connectivity index (χ2v) is 5.84. The first kappa shape index (κ1) is 15.1. The Morgan fingerprint density at radius 3 is 2.70 bits per heavy atom. The van der Waals surface area contributed by atoms with Gasteiger partial charge in [-0.2, -0.15) is 0 Å². The van der Waals surface area contributed by atoms with Gasteiger partial charge in [-0.3, -0.25) is 0 Å². The minimum absolute atomic E-state index is 0.111. The number of amides is 2. The molecule has 4 nitrogen and oxygen atoms in total. The first-order valence-electron chi connectivity index (χ1n) is 7.00. The highest BCUT2D eigenvalue weighted by Gasteiger charge is 2.26. The maximum absolute atomic E-state index is 12.2. The van der Waals surface area contributed by atoms with Crippen molar-refractivity contribution in [3.63, 3.8) is 0 Å². The number of aliphatic hydroxyl groups excluding tert-OH is 1. The van der Waals surface area contributed by atoms with Gasteiger partial charge < -0.3 is 15.3 Å². The number of rotatable bonds is 3. The molecule has 0 aliphatic heterocycles. The van der Waals surface area contributed by atoms with Gasteiger partial charge in [0.15, 0.2) is 0 Å². The summed E-state index contributed by atoms with van der Waals surface area (Å²) in [4.78, 5) is 14.0. The van der Waals surface area contributed by atoms with Crippen LogP contribution in [0.5, 0.6) is 0 Å². The van der Waals surface area contributed by atoms with Crippen LogP contribution >= 0.6 is 11.6 Å². The van der Waals surface area contributed by atoms with E-state index in [1.165, 1.54) is 0 Å². The lowest BCUT2D eigenvalue weighted by Gasteiger charge is -2.34. The third-order valence-electron chi connectivity index (χ3n) is 4.02. The number of carbonyl (C=O) groups excluding carboxylic acids is 1. The van der Waals surface area contributed by atoms with Crippen LogP contribution < -0.4 is 5.32 Å². The molecule has 20 heavy (non-hydrogen) atoms. The van der Waals surface area contributed by atoms with E-state index in [1.807, 2.05) is 19.2 Å². The van der Waals surface area contributed by atoms with Gasteiger partial charge >= 0.3 is 6.03 Å². The summed E-state index contributed by atoms with van der Waals surface area (Å²) in [7, 11) is 1.82. The lowest BCUT2D eigenvalue weighted by Crippen LogP contribution is -2.42. The van der Waals surface area contributed by atoms with Gasteiger partial charge in [0.25, 0.3) is 0 Å². The van der Waals surface area contributed by atoms with E-state index in [0.29, 0.717) is 16.6 Å². The maximum Gasteiger partial charge on any atom is 0.321 e. The van der Waals surface area contributed by atoms with Gasteiger partial charge in [-0.25, -0.2) is 4.79 Å². The normalized spacial score (nSPS) is 22.4. The molecule has 0 saturated heterocycles. The number of hydrogen-bond donors (Lipinski definition) is 2. The number of nitrogens with one attached hydrogen (secondary N) is 1. The number of anilines is 1. The van der Waals surface area contributed by atoms with Crippen molar-refractivity contribution >= 4 is 23.3 Å². The van der Waals surface area contributed by atoms with Crippen LogP contribution in [0.4, 0.5) is 10.5 Å². The van der Waals surface area contributed by atoms with Crippen LogP contribution in [0.15, 0.2) is 24.3 Å². The molecular formula is C15H21ClN2O2. The molecule has 0 heterocycles. The summed E-state index contributed by atoms with van der Waals surface area (Å²) in [6.07, 6.45) is 3.86. The van der Waals surface area contributed by atoms with Gasteiger partial charge in [0.2, 0.25) is 0 Å². The number of halogens is 1. The molecule has 110 valence electrons. The lowest BCUT2D eigenvalue weighted by molar-refractivity contribution is 0.139. The topological polar surface area (TPSA) is 52.6 Å². The quantitative estimate of drug-likeness (QED) is 0.898. The summed E-state index contributed by atoms with van der Waals surface area (Å²) in [5, 5.41) is 12.6. The minimum atomic E-state index is -0.111. The smallest absolute Gasteiger partial charge is 0.321 e. The Balaban J connectivity index is 1.89. The molecule has 2 amide bonds. The summed E-state index contributed by atoms with van der Waals surface area (Å²) in [6, 6.07) is 7.27. The minimum Gasteiger partial charge on any atom is -0.396 e. The fourth-order valence-electron chi connectivity index (χ4n) is 2.66. The molecule has 1 aliphatic carbocycles. The van der Waals surface area contributed by atoms with E-state index in [2.05, 4.69) is 5.32 Å². The molecule has 2 rings (SSSR count). The van der Waals surface area contributed by atoms with Gasteiger partial charge in [0.05, 0.1) is 0 Å². The Morgan fingerprint density at radius 1 is 1.40 bits per heavy atom. The summed E-state index contributed by atoms with van der Waals surface area (Å²) < 4.78 is 0. The van der Waals surface area contributed by atoms with Gasteiger partial charge in [-0.05, 0) is 49.8 Å². The second-order valence-electron chi connectivity index (χ2n) is 5.41. The molecule has 0 bridgehead atoms. The van der Waals surface area contributed by atoms with E-state index in [4.69, 9.17) is 16.7 Å². The fourth-order valence-corrected chi connectivity index (χ4v) is 2.85. The van der Waals surface area contributed by atoms with Crippen molar-refractivity contribution in [2.45, 2.75) is 31.7 Å². The second kappa shape index (κ2) is 6.95. The largest absolute Gasteiger partial charge is 0.396 e. The van der Waals surface area contributed by atoms with Gasteiger partial charge in [0.1, 0.15) is 0 Å². The van der Waals surface area contributed by atoms with Crippen LogP contribution in [0.25, 0.3) is 0 Å². The van der Waals surface area contributed by atoms with Crippen LogP contribution in [0.3, 0.4) is 0 Å². The van der Waals surface area contributed by atoms with Crippen LogP contribution in [-0.4, -0.2) is 35.7 Å². The molecule has 1 fully saturated rings. The lowest BCUT2D eigenvalue weighted by atomic mass is 9.86. The van der Waals surface area contributed by atoms with Crippen molar-refractivity contribution in [3.8, 4) is 0 Å². The van der Waals surface area contributed by atoms with Crippen molar-refractivity contribution in [1.29, 1.82) is 0 Å². The molecule has 0 atom stereocenters. The third-order valence-corrected chi connectivity index (χ3v) is 4.25. The Labute approximate surface area is 124 Å². The van der Waals surface area contributed by atoms with E-state index in [1.54, 1.807) is 17.0 Å². The number of urea groups is 1. The van der Waals surface area contributed by atoms with Crippen molar-refractivity contribution in [2.24, 2.45) is 5.92 Å². The molecule has 0 aromatic heterocycles. The number of aliphatic hydroxyl groups is 1. The zero-order valence-electron chi connectivity index (χ0n) is 11.7. The van der Waals surface area contributed by atoms with Crippen LogP contribution in [-0.2, 0) is 0 Å². The van der Waals surface area contributed by atoms with Crippen LogP contribution in [0, 0.1) is 5.92 Å². The number of carbonyl (C=O) groups is 1. The molecule has 1 aromatic carbocycles. The van der Waals surface area contributed by atoms with Crippen LogP contribution in [0.1, 0.15) is 25.7 Å². The van der Waals surface area contributed by atoms with Crippen molar-refractivity contribution in [1.82, 2.24) is 4.90 Å². The highest BCUT2D eigenvalue weighted by atomic mass is 35.5. The van der Waals surface area contributed by atoms with Crippen LogP contribution in [0.2, 0.25) is 5.02 Å². The van der Waals surface area contributed by atoms with Crippen molar-refractivity contribution in [2.75, 3.05) is 19.0 Å². The zero-order valence-corrected chi connectivity index (χ0v) is 12.4. The molecule has 0 spiro atoms. The average Bonchev–Trinajstić information content (AvgIpc) is 2.46.